The van der Waals surface area contributed by atoms with Crippen molar-refractivity contribution >= 4 is 11.6 Å². The number of ether oxygens (including phenoxy) is 1. The maximum Gasteiger partial charge on any atom is 0.125 e. The largest absolute Gasteiger partial charge is 0.493 e. The van der Waals surface area contributed by atoms with Gasteiger partial charge in [-0.1, -0.05) is 31.5 Å². The molecular weight excluding hydrogens is 222 g/mol. The molecular formula is C13H18ClNO. The minimum Gasteiger partial charge on any atom is -0.493 e. The molecule has 2 nitrogen and oxygen atoms in total. The minimum absolute atomic E-state index is 0.384. The van der Waals surface area contributed by atoms with Crippen molar-refractivity contribution in [3.8, 4) is 5.75 Å². The topological polar surface area (TPSA) is 21.3 Å². The van der Waals surface area contributed by atoms with Gasteiger partial charge in [0.05, 0.1) is 6.61 Å². The van der Waals surface area contributed by atoms with Crippen molar-refractivity contribution in [3.05, 3.63) is 28.8 Å². The third kappa shape index (κ3) is 2.69. The maximum absolute atomic E-state index is 5.98. The molecule has 1 aromatic carbocycles. The second kappa shape index (κ2) is 5.07. The van der Waals surface area contributed by atoms with Crippen LogP contribution in [-0.4, -0.2) is 12.6 Å². The zero-order valence-electron chi connectivity index (χ0n) is 9.79. The molecule has 1 atom stereocenters. The van der Waals surface area contributed by atoms with Crippen LogP contribution in [0.4, 0.5) is 0 Å². The molecule has 0 saturated heterocycles. The van der Waals surface area contributed by atoms with Crippen LogP contribution in [0.5, 0.6) is 5.75 Å². The summed E-state index contributed by atoms with van der Waals surface area (Å²) in [4.78, 5) is 0. The number of rotatable bonds is 2. The minimum atomic E-state index is 0.384. The van der Waals surface area contributed by atoms with Crippen LogP contribution in [0.25, 0.3) is 0 Å². The fraction of sp³-hybridized carbons (Fsp3) is 0.538. The fourth-order valence-corrected chi connectivity index (χ4v) is 2.28. The van der Waals surface area contributed by atoms with Crippen molar-refractivity contribution in [2.45, 2.75) is 38.8 Å². The standard InChI is InChI=1S/C13H18ClNO/c1-9(2)15-12-4-3-7-16-13-8-10(14)5-6-11(12)13/h5-6,8-9,12,15H,3-4,7H2,1-2H3. The number of nitrogens with one attached hydrogen (secondary N) is 1. The predicted molar refractivity (Wildman–Crippen MR) is 67.2 cm³/mol. The van der Waals surface area contributed by atoms with E-state index in [2.05, 4.69) is 25.2 Å². The van der Waals surface area contributed by atoms with E-state index in [0.29, 0.717) is 12.1 Å². The summed E-state index contributed by atoms with van der Waals surface area (Å²) in [6.45, 7) is 5.12. The summed E-state index contributed by atoms with van der Waals surface area (Å²) in [6, 6.07) is 6.78. The average molecular weight is 240 g/mol. The Morgan fingerprint density at radius 3 is 3.00 bits per heavy atom. The van der Waals surface area contributed by atoms with Gasteiger partial charge in [0.15, 0.2) is 0 Å². The Hall–Kier alpha value is -0.730. The molecule has 0 bridgehead atoms. The van der Waals surface area contributed by atoms with Crippen LogP contribution in [0.3, 0.4) is 0 Å². The van der Waals surface area contributed by atoms with Gasteiger partial charge in [0.2, 0.25) is 0 Å². The van der Waals surface area contributed by atoms with Gasteiger partial charge in [0.1, 0.15) is 5.75 Å². The second-order valence-electron chi connectivity index (χ2n) is 4.55. The lowest BCUT2D eigenvalue weighted by Crippen LogP contribution is -2.27. The molecule has 1 N–H and O–H groups in total. The van der Waals surface area contributed by atoms with Gasteiger partial charge < -0.3 is 10.1 Å². The van der Waals surface area contributed by atoms with Crippen molar-refractivity contribution in [2.24, 2.45) is 0 Å². The van der Waals surface area contributed by atoms with Crippen LogP contribution in [0, 0.1) is 0 Å². The molecule has 1 aromatic rings. The van der Waals surface area contributed by atoms with Crippen molar-refractivity contribution < 1.29 is 4.74 Å². The molecule has 0 aromatic heterocycles. The number of hydrogen-bond acceptors (Lipinski definition) is 2. The number of halogens is 1. The summed E-state index contributed by atoms with van der Waals surface area (Å²) in [5.41, 5.74) is 1.23. The summed E-state index contributed by atoms with van der Waals surface area (Å²) in [5, 5.41) is 4.31. The highest BCUT2D eigenvalue weighted by atomic mass is 35.5. The van der Waals surface area contributed by atoms with Crippen molar-refractivity contribution in [1.29, 1.82) is 0 Å². The smallest absolute Gasteiger partial charge is 0.125 e. The summed E-state index contributed by atoms with van der Waals surface area (Å²) in [5.74, 6) is 0.933. The van der Waals surface area contributed by atoms with Crippen molar-refractivity contribution in [2.75, 3.05) is 6.61 Å². The first kappa shape index (κ1) is 11.7. The van der Waals surface area contributed by atoms with Gasteiger partial charge in [-0.15, -0.1) is 0 Å². The number of benzene rings is 1. The third-order valence-electron chi connectivity index (χ3n) is 2.78. The molecule has 88 valence electrons. The Bertz CT molecular complexity index is 365. The third-order valence-corrected chi connectivity index (χ3v) is 3.02. The first-order valence-electron chi connectivity index (χ1n) is 5.85. The van der Waals surface area contributed by atoms with Crippen molar-refractivity contribution in [1.82, 2.24) is 5.32 Å². The van der Waals surface area contributed by atoms with Crippen LogP contribution < -0.4 is 10.1 Å². The highest BCUT2D eigenvalue weighted by Crippen LogP contribution is 2.33. The first-order valence-corrected chi connectivity index (χ1v) is 6.23. The SMILES string of the molecule is CC(C)NC1CCCOc2cc(Cl)ccc21. The van der Waals surface area contributed by atoms with Gasteiger partial charge in [-0.2, -0.15) is 0 Å². The van der Waals surface area contributed by atoms with E-state index in [1.807, 2.05) is 12.1 Å². The van der Waals surface area contributed by atoms with E-state index < -0.39 is 0 Å². The second-order valence-corrected chi connectivity index (χ2v) is 4.98. The van der Waals surface area contributed by atoms with Gasteiger partial charge in [-0.05, 0) is 25.0 Å². The molecule has 1 aliphatic rings. The van der Waals surface area contributed by atoms with E-state index >= 15 is 0 Å². The summed E-state index contributed by atoms with van der Waals surface area (Å²) < 4.78 is 5.72. The maximum atomic E-state index is 5.98. The molecule has 3 heteroatoms. The number of hydrogen-bond donors (Lipinski definition) is 1. The van der Waals surface area contributed by atoms with Gasteiger partial charge in [-0.25, -0.2) is 0 Å². The van der Waals surface area contributed by atoms with Crippen LogP contribution >= 0.6 is 11.6 Å². The van der Waals surface area contributed by atoms with E-state index in [-0.39, 0.29) is 0 Å². The lowest BCUT2D eigenvalue weighted by atomic mass is 10.0. The van der Waals surface area contributed by atoms with Gasteiger partial charge in [0, 0.05) is 22.7 Å². The molecule has 1 unspecified atom stereocenters. The van der Waals surface area contributed by atoms with Crippen LogP contribution in [-0.2, 0) is 0 Å². The van der Waals surface area contributed by atoms with Gasteiger partial charge >= 0.3 is 0 Å². The van der Waals surface area contributed by atoms with E-state index in [1.54, 1.807) is 0 Å². The lowest BCUT2D eigenvalue weighted by molar-refractivity contribution is 0.314. The van der Waals surface area contributed by atoms with Gasteiger partial charge in [-0.3, -0.25) is 0 Å². The van der Waals surface area contributed by atoms with E-state index in [1.165, 1.54) is 5.56 Å². The summed E-state index contributed by atoms with van der Waals surface area (Å²) in [7, 11) is 0. The zero-order valence-corrected chi connectivity index (χ0v) is 10.6. The van der Waals surface area contributed by atoms with Crippen LogP contribution in [0.15, 0.2) is 18.2 Å². The molecule has 2 rings (SSSR count). The van der Waals surface area contributed by atoms with Crippen LogP contribution in [0.1, 0.15) is 38.3 Å². The normalized spacial score (nSPS) is 20.1. The van der Waals surface area contributed by atoms with E-state index in [9.17, 15) is 0 Å². The molecule has 16 heavy (non-hydrogen) atoms. The molecule has 0 spiro atoms. The van der Waals surface area contributed by atoms with Crippen molar-refractivity contribution in [3.63, 3.8) is 0 Å². The molecule has 0 aliphatic carbocycles. The van der Waals surface area contributed by atoms with Gasteiger partial charge in [0.25, 0.3) is 0 Å². The average Bonchev–Trinajstić information content (AvgIpc) is 2.40. The number of fused-ring (bicyclic) bond motifs is 1. The molecule has 0 saturated carbocycles. The summed E-state index contributed by atoms with van der Waals surface area (Å²) in [6.07, 6.45) is 2.20. The Morgan fingerprint density at radius 1 is 1.44 bits per heavy atom. The lowest BCUT2D eigenvalue weighted by Gasteiger charge is -2.20. The highest BCUT2D eigenvalue weighted by Gasteiger charge is 2.20. The quantitative estimate of drug-likeness (QED) is 0.852. The Labute approximate surface area is 102 Å². The molecule has 1 heterocycles. The predicted octanol–water partition coefficient (Wildman–Crippen LogP) is 3.55. The first-order chi connectivity index (χ1) is 7.66. The molecule has 0 amide bonds. The monoisotopic (exact) mass is 239 g/mol. The zero-order chi connectivity index (χ0) is 11.5. The Morgan fingerprint density at radius 2 is 2.25 bits per heavy atom. The Balaban J connectivity index is 2.29. The highest BCUT2D eigenvalue weighted by molar-refractivity contribution is 6.30. The Kier molecular flexibility index (Phi) is 3.72. The molecule has 0 fully saturated rings. The molecule has 1 aliphatic heterocycles. The van der Waals surface area contributed by atoms with E-state index in [0.717, 1.165) is 30.2 Å². The van der Waals surface area contributed by atoms with E-state index in [4.69, 9.17) is 16.3 Å². The summed E-state index contributed by atoms with van der Waals surface area (Å²) >= 11 is 5.98. The van der Waals surface area contributed by atoms with Crippen LogP contribution in [0.2, 0.25) is 5.02 Å². The molecule has 0 radical (unpaired) electrons. The fourth-order valence-electron chi connectivity index (χ4n) is 2.12.